The van der Waals surface area contributed by atoms with E-state index in [1.165, 1.54) is 59.9 Å². The topological polar surface area (TPSA) is 15.6 Å². The second-order valence-corrected chi connectivity index (χ2v) is 11.1. The van der Waals surface area contributed by atoms with Crippen LogP contribution in [0.1, 0.15) is 125 Å². The van der Waals surface area contributed by atoms with Gasteiger partial charge in [0, 0.05) is 18.7 Å². The zero-order chi connectivity index (χ0) is 29.0. The van der Waals surface area contributed by atoms with Crippen LogP contribution in [0.25, 0.3) is 5.57 Å². The van der Waals surface area contributed by atoms with Crippen molar-refractivity contribution in [2.45, 2.75) is 122 Å². The number of nitrogens with zero attached hydrogens (tertiary/aromatic N) is 2. The highest BCUT2D eigenvalue weighted by Gasteiger charge is 2.44. The molecule has 1 saturated carbocycles. The fourth-order valence-electron chi connectivity index (χ4n) is 5.68. The van der Waals surface area contributed by atoms with Crippen LogP contribution in [0.2, 0.25) is 0 Å². The molecule has 1 heterocycles. The molecule has 2 nitrogen and oxygen atoms in total. The van der Waals surface area contributed by atoms with E-state index >= 15 is 0 Å². The van der Waals surface area contributed by atoms with E-state index in [0.29, 0.717) is 10.8 Å². The Morgan fingerprint density at radius 1 is 0.838 bits per heavy atom. The van der Waals surface area contributed by atoms with Gasteiger partial charge in [0.05, 0.1) is 5.71 Å². The van der Waals surface area contributed by atoms with Gasteiger partial charge in [0.1, 0.15) is 5.82 Å². The molecule has 2 fully saturated rings. The van der Waals surface area contributed by atoms with Gasteiger partial charge < -0.3 is 4.90 Å². The first kappa shape index (κ1) is 34.9. The van der Waals surface area contributed by atoms with Gasteiger partial charge in [-0.3, -0.25) is 0 Å². The predicted octanol–water partition coefficient (Wildman–Crippen LogP) is 11.0. The van der Waals surface area contributed by atoms with Gasteiger partial charge >= 0.3 is 0 Å². The summed E-state index contributed by atoms with van der Waals surface area (Å²) in [5, 5.41) is 0. The average molecular weight is 509 g/mol. The first-order chi connectivity index (χ1) is 17.4. The Kier molecular flexibility index (Phi) is 15.1. The van der Waals surface area contributed by atoms with Crippen molar-refractivity contribution in [3.63, 3.8) is 0 Å². The van der Waals surface area contributed by atoms with Gasteiger partial charge in [-0.25, -0.2) is 4.99 Å². The van der Waals surface area contributed by atoms with Crippen molar-refractivity contribution in [2.75, 3.05) is 13.1 Å². The number of rotatable bonds is 5. The molecule has 0 aromatic heterocycles. The maximum atomic E-state index is 5.10. The lowest BCUT2D eigenvalue weighted by atomic mass is 9.74. The molecule has 0 N–H and O–H groups in total. The summed E-state index contributed by atoms with van der Waals surface area (Å²) in [5.41, 5.74) is 9.33. The van der Waals surface area contributed by atoms with Gasteiger partial charge in [-0.05, 0) is 99.8 Å². The Labute approximate surface area is 232 Å². The highest BCUT2D eigenvalue weighted by atomic mass is 15.2. The molecule has 0 unspecified atom stereocenters. The standard InChI is InChI=1S/C29H42N2.3C2H6/c1-20(2)26(25-12-10-11-22(5)23(25)6)27(21(3)4)30-24(7)31-17-15-29(16-18-31)14-13-28(8,9)19-29;3*1-2/h10-12H,3,7,13-19H2,1-2,4-6,8-9H3;3*1-2H3/b30-27-;;;. The van der Waals surface area contributed by atoms with Crippen molar-refractivity contribution >= 4 is 11.3 Å². The monoisotopic (exact) mass is 508 g/mol. The number of likely N-dealkylation sites (tertiary alicyclic amines) is 1. The molecule has 1 saturated heterocycles. The molecule has 1 aliphatic carbocycles. The summed E-state index contributed by atoms with van der Waals surface area (Å²) in [6.45, 7) is 38.5. The minimum absolute atomic E-state index is 0.508. The minimum atomic E-state index is 0.508. The van der Waals surface area contributed by atoms with Crippen LogP contribution >= 0.6 is 0 Å². The van der Waals surface area contributed by atoms with E-state index in [0.717, 1.165) is 30.2 Å². The van der Waals surface area contributed by atoms with Gasteiger partial charge in [0.2, 0.25) is 0 Å². The van der Waals surface area contributed by atoms with Gasteiger partial charge in [-0.2, -0.15) is 0 Å². The minimum Gasteiger partial charge on any atom is -0.357 e. The van der Waals surface area contributed by atoms with Gasteiger partial charge in [0.15, 0.2) is 0 Å². The van der Waals surface area contributed by atoms with Gasteiger partial charge in [-0.1, -0.05) is 92.3 Å². The normalized spacial score (nSPS) is 17.3. The SMILES string of the molecule is C=C(C)/C(=N/C(=C)N1CCC2(CC1)CCC(C)(C)C2)C(=C(C)C)c1cccc(C)c1C.CC.CC.CC. The molecule has 0 atom stereocenters. The number of hydrogen-bond donors (Lipinski definition) is 0. The van der Waals surface area contributed by atoms with Crippen molar-refractivity contribution in [3.05, 3.63) is 65.0 Å². The highest BCUT2D eigenvalue weighted by molar-refractivity contribution is 6.32. The number of benzene rings is 1. The van der Waals surface area contributed by atoms with E-state index in [9.17, 15) is 0 Å². The van der Waals surface area contributed by atoms with E-state index in [1.807, 2.05) is 41.5 Å². The lowest BCUT2D eigenvalue weighted by Crippen LogP contribution is -2.38. The van der Waals surface area contributed by atoms with Crippen molar-refractivity contribution in [1.29, 1.82) is 0 Å². The maximum Gasteiger partial charge on any atom is 0.121 e. The second kappa shape index (κ2) is 16.0. The quantitative estimate of drug-likeness (QED) is 0.361. The Balaban J connectivity index is 0.00000201. The lowest BCUT2D eigenvalue weighted by Gasteiger charge is -2.41. The molecule has 37 heavy (non-hydrogen) atoms. The summed E-state index contributed by atoms with van der Waals surface area (Å²) in [4.78, 5) is 7.50. The largest absolute Gasteiger partial charge is 0.357 e. The maximum absolute atomic E-state index is 5.10. The first-order valence-electron chi connectivity index (χ1n) is 14.9. The molecule has 1 aromatic rings. The molecule has 210 valence electrons. The summed E-state index contributed by atoms with van der Waals surface area (Å²) in [6.07, 6.45) is 6.65. The molecular weight excluding hydrogens is 448 g/mol. The van der Waals surface area contributed by atoms with Crippen molar-refractivity contribution in [2.24, 2.45) is 15.8 Å². The number of hydrogen-bond acceptors (Lipinski definition) is 2. The van der Waals surface area contributed by atoms with Gasteiger partial charge in [-0.15, -0.1) is 0 Å². The van der Waals surface area contributed by atoms with Crippen LogP contribution in [0.3, 0.4) is 0 Å². The molecular formula is C35H60N2. The van der Waals surface area contributed by atoms with Crippen molar-refractivity contribution < 1.29 is 0 Å². The molecule has 2 aliphatic rings. The lowest BCUT2D eigenvalue weighted by molar-refractivity contribution is 0.120. The predicted molar refractivity (Wildman–Crippen MR) is 170 cm³/mol. The average Bonchev–Trinajstić information content (AvgIpc) is 3.18. The zero-order valence-corrected chi connectivity index (χ0v) is 27.0. The van der Waals surface area contributed by atoms with Crippen LogP contribution in [-0.4, -0.2) is 23.7 Å². The number of allylic oxidation sites excluding steroid dienone is 3. The third-order valence-corrected chi connectivity index (χ3v) is 7.63. The summed E-state index contributed by atoms with van der Waals surface area (Å²) in [5.74, 6) is 0.883. The number of aliphatic imine (C=N–C) groups is 1. The molecule has 1 spiro atoms. The smallest absolute Gasteiger partial charge is 0.121 e. The van der Waals surface area contributed by atoms with Crippen LogP contribution in [0.15, 0.2) is 53.3 Å². The van der Waals surface area contributed by atoms with Crippen LogP contribution in [-0.2, 0) is 0 Å². The van der Waals surface area contributed by atoms with Gasteiger partial charge in [0.25, 0.3) is 0 Å². The number of aryl methyl sites for hydroxylation is 1. The van der Waals surface area contributed by atoms with Crippen molar-refractivity contribution in [1.82, 2.24) is 4.90 Å². The van der Waals surface area contributed by atoms with Crippen LogP contribution in [0.5, 0.6) is 0 Å². The van der Waals surface area contributed by atoms with Crippen LogP contribution in [0.4, 0.5) is 0 Å². The van der Waals surface area contributed by atoms with E-state index in [-0.39, 0.29) is 0 Å². The third kappa shape index (κ3) is 9.31. The van der Waals surface area contributed by atoms with E-state index in [1.54, 1.807) is 0 Å². The van der Waals surface area contributed by atoms with E-state index in [4.69, 9.17) is 4.99 Å². The van der Waals surface area contributed by atoms with Crippen LogP contribution in [0, 0.1) is 24.7 Å². The molecule has 2 heteroatoms. The third-order valence-electron chi connectivity index (χ3n) is 7.63. The van der Waals surface area contributed by atoms with E-state index in [2.05, 4.69) is 84.7 Å². The molecule has 0 amide bonds. The molecule has 1 aromatic carbocycles. The van der Waals surface area contributed by atoms with E-state index < -0.39 is 0 Å². The Bertz CT molecular complexity index is 930. The molecule has 0 radical (unpaired) electrons. The summed E-state index contributed by atoms with van der Waals surface area (Å²) in [6, 6.07) is 6.52. The molecule has 3 rings (SSSR count). The summed E-state index contributed by atoms with van der Waals surface area (Å²) in [7, 11) is 0. The zero-order valence-electron chi connectivity index (χ0n) is 27.0. The first-order valence-corrected chi connectivity index (χ1v) is 14.9. The van der Waals surface area contributed by atoms with Crippen LogP contribution < -0.4 is 0 Å². The van der Waals surface area contributed by atoms with Crippen molar-refractivity contribution in [3.8, 4) is 0 Å². The Morgan fingerprint density at radius 2 is 1.38 bits per heavy atom. The molecule has 1 aliphatic heterocycles. The Morgan fingerprint density at radius 3 is 1.81 bits per heavy atom. The summed E-state index contributed by atoms with van der Waals surface area (Å²) >= 11 is 0. The fraction of sp³-hybridized carbons (Fsp3) is 0.629. The second-order valence-electron chi connectivity index (χ2n) is 11.1. The number of piperidine rings is 1. The fourth-order valence-corrected chi connectivity index (χ4v) is 5.68. The molecule has 0 bridgehead atoms. The Hall–Kier alpha value is -2.09. The highest BCUT2D eigenvalue weighted by Crippen LogP contribution is 2.54. The summed E-state index contributed by atoms with van der Waals surface area (Å²) < 4.78 is 0.